The second kappa shape index (κ2) is 6.33. The average molecular weight is 230 g/mol. The molecule has 0 spiro atoms. The van der Waals surface area contributed by atoms with Crippen LogP contribution >= 0.6 is 0 Å². The van der Waals surface area contributed by atoms with E-state index in [9.17, 15) is 0 Å². The van der Waals surface area contributed by atoms with Crippen LogP contribution in [0.2, 0.25) is 18.1 Å². The summed E-state index contributed by atoms with van der Waals surface area (Å²) < 4.78 is 6.03. The first-order valence-electron chi connectivity index (χ1n) is 5.74. The molecule has 15 heavy (non-hydrogen) atoms. The van der Waals surface area contributed by atoms with Gasteiger partial charge in [-0.15, -0.1) is 0 Å². The topological polar surface area (TPSA) is 29.5 Å². The first-order valence-corrected chi connectivity index (χ1v) is 8.65. The van der Waals surface area contributed by atoms with Gasteiger partial charge in [-0.3, -0.25) is 0 Å². The second-order valence-corrected chi connectivity index (χ2v) is 10.3. The Morgan fingerprint density at radius 2 is 1.80 bits per heavy atom. The Morgan fingerprint density at radius 3 is 2.27 bits per heavy atom. The number of aliphatic hydroxyl groups is 1. The van der Waals surface area contributed by atoms with Crippen LogP contribution in [0.1, 0.15) is 40.0 Å². The number of hydrogen-bond donors (Lipinski definition) is 1. The van der Waals surface area contributed by atoms with Crippen molar-refractivity contribution in [1.82, 2.24) is 0 Å². The Bertz CT molecular complexity index is 192. The van der Waals surface area contributed by atoms with E-state index in [0.29, 0.717) is 5.04 Å². The van der Waals surface area contributed by atoms with Gasteiger partial charge in [-0.05, 0) is 37.4 Å². The molecule has 0 aromatic carbocycles. The Labute approximate surface area is 95.5 Å². The fourth-order valence-corrected chi connectivity index (χ4v) is 2.07. The van der Waals surface area contributed by atoms with Crippen LogP contribution < -0.4 is 0 Å². The van der Waals surface area contributed by atoms with Crippen LogP contribution in [-0.4, -0.2) is 20.0 Å². The minimum absolute atomic E-state index is 0.304. The lowest BCUT2D eigenvalue weighted by molar-refractivity contribution is 0.279. The molecule has 0 radical (unpaired) electrons. The zero-order valence-electron chi connectivity index (χ0n) is 10.8. The van der Waals surface area contributed by atoms with Crippen molar-refractivity contribution in [2.75, 3.05) is 6.61 Å². The van der Waals surface area contributed by atoms with Gasteiger partial charge in [-0.25, -0.2) is 0 Å². The van der Waals surface area contributed by atoms with E-state index in [1.165, 1.54) is 0 Å². The minimum Gasteiger partial charge on any atom is -0.516 e. The molecule has 0 atom stereocenters. The molecule has 0 rings (SSSR count). The van der Waals surface area contributed by atoms with Crippen LogP contribution in [0.15, 0.2) is 12.3 Å². The van der Waals surface area contributed by atoms with Crippen LogP contribution in [-0.2, 0) is 4.43 Å². The standard InChI is InChI=1S/C12H26O2Si/c1-12(2,3)15(4,5)14-11-9-7-6-8-10-13/h8,10,13H,6-7,9,11H2,1-5H3. The van der Waals surface area contributed by atoms with Crippen LogP contribution in [0.3, 0.4) is 0 Å². The van der Waals surface area contributed by atoms with E-state index in [-0.39, 0.29) is 0 Å². The molecule has 0 bridgehead atoms. The number of hydrogen-bond acceptors (Lipinski definition) is 2. The molecule has 0 aliphatic heterocycles. The maximum Gasteiger partial charge on any atom is 0.191 e. The lowest BCUT2D eigenvalue weighted by atomic mass is 10.2. The number of rotatable bonds is 6. The van der Waals surface area contributed by atoms with E-state index in [1.807, 2.05) is 0 Å². The summed E-state index contributed by atoms with van der Waals surface area (Å²) >= 11 is 0. The van der Waals surface area contributed by atoms with Crippen molar-refractivity contribution in [3.05, 3.63) is 12.3 Å². The maximum atomic E-state index is 8.45. The van der Waals surface area contributed by atoms with Crippen molar-refractivity contribution < 1.29 is 9.53 Å². The van der Waals surface area contributed by atoms with Gasteiger partial charge in [0.15, 0.2) is 8.32 Å². The smallest absolute Gasteiger partial charge is 0.191 e. The van der Waals surface area contributed by atoms with Crippen LogP contribution in [0.4, 0.5) is 0 Å². The molecule has 0 unspecified atom stereocenters. The van der Waals surface area contributed by atoms with Gasteiger partial charge in [0.1, 0.15) is 0 Å². The van der Waals surface area contributed by atoms with Crippen molar-refractivity contribution in [3.8, 4) is 0 Å². The average Bonchev–Trinajstić information content (AvgIpc) is 2.09. The maximum absolute atomic E-state index is 8.45. The molecule has 0 saturated carbocycles. The molecule has 1 N–H and O–H groups in total. The van der Waals surface area contributed by atoms with Crippen molar-refractivity contribution in [3.63, 3.8) is 0 Å². The fourth-order valence-electron chi connectivity index (χ4n) is 0.983. The minimum atomic E-state index is -1.54. The van der Waals surface area contributed by atoms with E-state index in [4.69, 9.17) is 9.53 Å². The zero-order chi connectivity index (χ0) is 11.9. The van der Waals surface area contributed by atoms with E-state index >= 15 is 0 Å². The number of unbranched alkanes of at least 4 members (excludes halogenated alkanes) is 2. The Morgan fingerprint density at radius 1 is 1.20 bits per heavy atom. The molecule has 0 fully saturated rings. The molecular formula is C12H26O2Si. The van der Waals surface area contributed by atoms with E-state index in [2.05, 4.69) is 33.9 Å². The predicted octanol–water partition coefficient (Wildman–Crippen LogP) is 4.25. The van der Waals surface area contributed by atoms with Gasteiger partial charge < -0.3 is 9.53 Å². The summed E-state index contributed by atoms with van der Waals surface area (Å²) in [6.07, 6.45) is 6.01. The molecule has 0 saturated heterocycles. The zero-order valence-corrected chi connectivity index (χ0v) is 11.8. The van der Waals surface area contributed by atoms with E-state index in [1.54, 1.807) is 6.08 Å². The molecule has 0 aromatic rings. The van der Waals surface area contributed by atoms with Gasteiger partial charge in [-0.1, -0.05) is 26.8 Å². The van der Waals surface area contributed by atoms with Gasteiger partial charge in [0.05, 0.1) is 6.26 Å². The summed E-state index contributed by atoms with van der Waals surface area (Å²) in [5.41, 5.74) is 0. The summed E-state index contributed by atoms with van der Waals surface area (Å²) in [4.78, 5) is 0. The van der Waals surface area contributed by atoms with Gasteiger partial charge >= 0.3 is 0 Å². The van der Waals surface area contributed by atoms with Crippen molar-refractivity contribution in [2.24, 2.45) is 0 Å². The molecule has 0 heterocycles. The SMILES string of the molecule is CC(C)(C)[Si](C)(C)OCCCCC=CO. The van der Waals surface area contributed by atoms with Gasteiger partial charge in [0.2, 0.25) is 0 Å². The highest BCUT2D eigenvalue weighted by Crippen LogP contribution is 2.36. The van der Waals surface area contributed by atoms with Crippen molar-refractivity contribution in [2.45, 2.75) is 58.2 Å². The Kier molecular flexibility index (Phi) is 6.21. The quantitative estimate of drug-likeness (QED) is 0.420. The fraction of sp³-hybridized carbons (Fsp3) is 0.833. The van der Waals surface area contributed by atoms with Crippen molar-refractivity contribution >= 4 is 8.32 Å². The van der Waals surface area contributed by atoms with Gasteiger partial charge in [0, 0.05) is 6.61 Å². The largest absolute Gasteiger partial charge is 0.516 e. The third-order valence-corrected chi connectivity index (χ3v) is 7.68. The lowest BCUT2D eigenvalue weighted by Crippen LogP contribution is -2.40. The predicted molar refractivity (Wildman–Crippen MR) is 68.8 cm³/mol. The highest BCUT2D eigenvalue weighted by atomic mass is 28.4. The van der Waals surface area contributed by atoms with Gasteiger partial charge in [0.25, 0.3) is 0 Å². The molecule has 0 aliphatic rings. The summed E-state index contributed by atoms with van der Waals surface area (Å²) in [7, 11) is -1.54. The van der Waals surface area contributed by atoms with Crippen LogP contribution in [0.25, 0.3) is 0 Å². The molecule has 0 aliphatic carbocycles. The second-order valence-electron chi connectivity index (χ2n) is 5.49. The Hall–Kier alpha value is -0.283. The molecule has 90 valence electrons. The molecule has 3 heteroatoms. The summed E-state index contributed by atoms with van der Waals surface area (Å²) in [6, 6.07) is 0. The Balaban J connectivity index is 3.67. The number of aliphatic hydroxyl groups excluding tert-OH is 1. The normalized spacial score (nSPS) is 13.7. The molecule has 2 nitrogen and oxygen atoms in total. The van der Waals surface area contributed by atoms with Crippen LogP contribution in [0, 0.1) is 0 Å². The first-order chi connectivity index (χ1) is 6.81. The molecular weight excluding hydrogens is 204 g/mol. The van der Waals surface area contributed by atoms with Gasteiger partial charge in [-0.2, -0.15) is 0 Å². The number of allylic oxidation sites excluding steroid dienone is 1. The summed E-state index contributed by atoms with van der Waals surface area (Å²) in [6.45, 7) is 12.2. The first kappa shape index (κ1) is 14.7. The summed E-state index contributed by atoms with van der Waals surface area (Å²) in [5.74, 6) is 0. The molecule has 0 amide bonds. The summed E-state index contributed by atoms with van der Waals surface area (Å²) in [5, 5.41) is 8.76. The highest BCUT2D eigenvalue weighted by molar-refractivity contribution is 6.74. The highest BCUT2D eigenvalue weighted by Gasteiger charge is 2.36. The third-order valence-electron chi connectivity index (χ3n) is 3.14. The molecule has 0 aromatic heterocycles. The van der Waals surface area contributed by atoms with Crippen LogP contribution in [0.5, 0.6) is 0 Å². The van der Waals surface area contributed by atoms with E-state index in [0.717, 1.165) is 32.1 Å². The lowest BCUT2D eigenvalue weighted by Gasteiger charge is -2.36. The van der Waals surface area contributed by atoms with Crippen molar-refractivity contribution in [1.29, 1.82) is 0 Å². The third kappa shape index (κ3) is 6.00. The van der Waals surface area contributed by atoms with E-state index < -0.39 is 8.32 Å². The monoisotopic (exact) mass is 230 g/mol.